The minimum atomic E-state index is -1.47. The van der Waals surface area contributed by atoms with Gasteiger partial charge in [0.05, 0.1) is 6.61 Å². The molecule has 1 aliphatic rings. The Balaban J connectivity index is 2.64. The summed E-state index contributed by atoms with van der Waals surface area (Å²) < 4.78 is 5.19. The highest BCUT2D eigenvalue weighted by Gasteiger charge is 2.44. The minimum Gasteiger partial charge on any atom is -0.394 e. The molecule has 1 amide bonds. The molecule has 0 spiro atoms. The largest absolute Gasteiger partial charge is 0.394 e. The third-order valence-corrected chi connectivity index (χ3v) is 3.35. The molecule has 0 bridgehead atoms. The minimum absolute atomic E-state index is 0.239. The first-order chi connectivity index (χ1) is 8.92. The van der Waals surface area contributed by atoms with Gasteiger partial charge in [0.25, 0.3) is 0 Å². The summed E-state index contributed by atoms with van der Waals surface area (Å²) in [7, 11) is 0. The summed E-state index contributed by atoms with van der Waals surface area (Å²) in [6.07, 6.45) is -4.92. The normalized spacial score (nSPS) is 36.8. The second-order valence-corrected chi connectivity index (χ2v) is 4.95. The highest BCUT2D eigenvalue weighted by molar-refractivity contribution is 5.78. The molecule has 1 aliphatic heterocycles. The van der Waals surface area contributed by atoms with Gasteiger partial charge in [-0.3, -0.25) is 4.79 Å². The van der Waals surface area contributed by atoms with Crippen LogP contribution in [0, 0.1) is 5.92 Å². The SMILES string of the molecule is CCCC(C)C(=O)N[C@@H]1O[C@H](CO)[C@@H](O)[C@H](O)[C@H]1O. The van der Waals surface area contributed by atoms with Crippen LogP contribution in [0.5, 0.6) is 0 Å². The van der Waals surface area contributed by atoms with E-state index in [0.717, 1.165) is 6.42 Å². The highest BCUT2D eigenvalue weighted by Crippen LogP contribution is 2.20. The van der Waals surface area contributed by atoms with Crippen LogP contribution in [0.4, 0.5) is 0 Å². The lowest BCUT2D eigenvalue weighted by Crippen LogP contribution is -2.63. The van der Waals surface area contributed by atoms with Gasteiger partial charge in [0.2, 0.25) is 5.91 Å². The third kappa shape index (κ3) is 3.87. The van der Waals surface area contributed by atoms with Crippen molar-refractivity contribution in [2.45, 2.75) is 57.3 Å². The van der Waals surface area contributed by atoms with Crippen LogP contribution in [0.2, 0.25) is 0 Å². The summed E-state index contributed by atoms with van der Waals surface area (Å²) in [4.78, 5) is 11.8. The van der Waals surface area contributed by atoms with E-state index in [1.54, 1.807) is 6.92 Å². The van der Waals surface area contributed by atoms with Crippen molar-refractivity contribution in [1.82, 2.24) is 5.32 Å². The summed E-state index contributed by atoms with van der Waals surface area (Å²) in [5.74, 6) is -0.538. The molecular weight excluding hydrogens is 254 g/mol. The number of nitrogens with one attached hydrogen (secondary N) is 1. The molecular formula is C12H23NO6. The molecule has 19 heavy (non-hydrogen) atoms. The van der Waals surface area contributed by atoms with Crippen molar-refractivity contribution in [3.63, 3.8) is 0 Å². The number of ether oxygens (including phenoxy) is 1. The van der Waals surface area contributed by atoms with Gasteiger partial charge in [-0.2, -0.15) is 0 Å². The van der Waals surface area contributed by atoms with Gasteiger partial charge in [0, 0.05) is 5.92 Å². The average molecular weight is 277 g/mol. The van der Waals surface area contributed by atoms with Crippen molar-refractivity contribution in [1.29, 1.82) is 0 Å². The molecule has 1 heterocycles. The van der Waals surface area contributed by atoms with Crippen molar-refractivity contribution in [2.75, 3.05) is 6.61 Å². The topological polar surface area (TPSA) is 119 Å². The Hall–Kier alpha value is -0.730. The number of aliphatic hydroxyl groups excluding tert-OH is 4. The number of carbonyl (C=O) groups is 1. The van der Waals surface area contributed by atoms with E-state index in [2.05, 4.69) is 5.32 Å². The molecule has 7 heteroatoms. The Morgan fingerprint density at radius 3 is 2.42 bits per heavy atom. The fraction of sp³-hybridized carbons (Fsp3) is 0.917. The summed E-state index contributed by atoms with van der Waals surface area (Å²) in [5.41, 5.74) is 0. The third-order valence-electron chi connectivity index (χ3n) is 3.35. The van der Waals surface area contributed by atoms with Gasteiger partial charge in [0.15, 0.2) is 6.23 Å². The first kappa shape index (κ1) is 16.3. The molecule has 112 valence electrons. The van der Waals surface area contributed by atoms with Gasteiger partial charge in [-0.1, -0.05) is 20.3 Å². The monoisotopic (exact) mass is 277 g/mol. The molecule has 0 aromatic heterocycles. The lowest BCUT2D eigenvalue weighted by atomic mass is 9.97. The second-order valence-electron chi connectivity index (χ2n) is 4.95. The quantitative estimate of drug-likeness (QED) is 0.410. The van der Waals surface area contributed by atoms with E-state index in [9.17, 15) is 20.1 Å². The molecule has 0 aromatic carbocycles. The Kier molecular flexibility index (Phi) is 6.15. The van der Waals surface area contributed by atoms with Gasteiger partial charge in [0.1, 0.15) is 24.4 Å². The van der Waals surface area contributed by atoms with Crippen LogP contribution in [0.3, 0.4) is 0 Å². The summed E-state index contributed by atoms with van der Waals surface area (Å²) in [6.45, 7) is 3.20. The molecule has 5 N–H and O–H groups in total. The van der Waals surface area contributed by atoms with Crippen molar-refractivity contribution in [3.8, 4) is 0 Å². The first-order valence-corrected chi connectivity index (χ1v) is 6.53. The Bertz CT molecular complexity index is 298. The zero-order valence-corrected chi connectivity index (χ0v) is 11.2. The van der Waals surface area contributed by atoms with E-state index >= 15 is 0 Å². The molecule has 7 nitrogen and oxygen atoms in total. The molecule has 0 aliphatic carbocycles. The standard InChI is InChI=1S/C12H23NO6/c1-3-4-6(2)11(18)13-12-10(17)9(16)8(15)7(5-14)19-12/h6-10,12,14-17H,3-5H2,1-2H3,(H,13,18)/t6?,7-,8-,9+,10-,12-/m1/s1. The zero-order chi connectivity index (χ0) is 14.6. The lowest BCUT2D eigenvalue weighted by Gasteiger charge is -2.40. The Morgan fingerprint density at radius 1 is 1.26 bits per heavy atom. The van der Waals surface area contributed by atoms with Crippen LogP contribution in [0.25, 0.3) is 0 Å². The van der Waals surface area contributed by atoms with Crippen molar-refractivity contribution >= 4 is 5.91 Å². The van der Waals surface area contributed by atoms with Gasteiger partial charge in [-0.25, -0.2) is 0 Å². The van der Waals surface area contributed by atoms with E-state index in [0.29, 0.717) is 6.42 Å². The lowest BCUT2D eigenvalue weighted by molar-refractivity contribution is -0.236. The second kappa shape index (κ2) is 7.16. The van der Waals surface area contributed by atoms with Gasteiger partial charge in [-0.15, -0.1) is 0 Å². The number of carbonyl (C=O) groups excluding carboxylic acids is 1. The van der Waals surface area contributed by atoms with E-state index in [1.807, 2.05) is 6.92 Å². The summed E-state index contributed by atoms with van der Waals surface area (Å²) in [5, 5.41) is 40.4. The van der Waals surface area contributed by atoms with Crippen molar-refractivity contribution in [2.24, 2.45) is 5.92 Å². The van der Waals surface area contributed by atoms with Crippen LogP contribution in [0.1, 0.15) is 26.7 Å². The van der Waals surface area contributed by atoms with Crippen LogP contribution < -0.4 is 5.32 Å². The molecule has 1 unspecified atom stereocenters. The smallest absolute Gasteiger partial charge is 0.224 e. The maximum absolute atomic E-state index is 11.8. The van der Waals surface area contributed by atoms with Crippen molar-refractivity contribution < 1.29 is 30.0 Å². The fourth-order valence-electron chi connectivity index (χ4n) is 2.07. The van der Waals surface area contributed by atoms with Crippen LogP contribution in [-0.2, 0) is 9.53 Å². The number of rotatable bonds is 5. The number of hydrogen-bond donors (Lipinski definition) is 5. The first-order valence-electron chi connectivity index (χ1n) is 6.53. The molecule has 0 radical (unpaired) electrons. The van der Waals surface area contributed by atoms with E-state index in [1.165, 1.54) is 0 Å². The Labute approximate surface area is 112 Å². The number of amides is 1. The molecule has 0 saturated carbocycles. The van der Waals surface area contributed by atoms with Crippen LogP contribution >= 0.6 is 0 Å². The van der Waals surface area contributed by atoms with Gasteiger partial charge in [-0.05, 0) is 6.42 Å². The number of aliphatic hydroxyl groups is 4. The van der Waals surface area contributed by atoms with Crippen molar-refractivity contribution in [3.05, 3.63) is 0 Å². The molecule has 1 rings (SSSR count). The Morgan fingerprint density at radius 2 is 1.89 bits per heavy atom. The predicted octanol–water partition coefficient (Wildman–Crippen LogP) is -1.66. The molecule has 6 atom stereocenters. The van der Waals surface area contributed by atoms with E-state index < -0.39 is 37.3 Å². The molecule has 0 aromatic rings. The highest BCUT2D eigenvalue weighted by atomic mass is 16.6. The maximum atomic E-state index is 11.8. The number of hydrogen-bond acceptors (Lipinski definition) is 6. The van der Waals surface area contributed by atoms with Gasteiger partial charge < -0.3 is 30.5 Å². The molecule has 1 saturated heterocycles. The summed E-state index contributed by atoms with van der Waals surface area (Å²) >= 11 is 0. The average Bonchev–Trinajstić information content (AvgIpc) is 2.39. The fourth-order valence-corrected chi connectivity index (χ4v) is 2.07. The predicted molar refractivity (Wildman–Crippen MR) is 66.0 cm³/mol. The maximum Gasteiger partial charge on any atom is 0.224 e. The summed E-state index contributed by atoms with van der Waals surface area (Å²) in [6, 6.07) is 0. The van der Waals surface area contributed by atoms with Gasteiger partial charge >= 0.3 is 0 Å². The van der Waals surface area contributed by atoms with Crippen LogP contribution in [-0.4, -0.2) is 63.6 Å². The molecule has 1 fully saturated rings. The van der Waals surface area contributed by atoms with E-state index in [-0.39, 0.29) is 11.8 Å². The van der Waals surface area contributed by atoms with E-state index in [4.69, 9.17) is 9.84 Å². The van der Waals surface area contributed by atoms with Crippen LogP contribution in [0.15, 0.2) is 0 Å². The zero-order valence-electron chi connectivity index (χ0n) is 11.2.